The maximum Gasteiger partial charge on any atom is 0.0860 e. The van der Waals surface area contributed by atoms with E-state index in [2.05, 4.69) is 5.10 Å². The summed E-state index contributed by atoms with van der Waals surface area (Å²) in [6.07, 6.45) is 0.713. The molecular weight excluding hydrogens is 192 g/mol. The summed E-state index contributed by atoms with van der Waals surface area (Å²) in [4.78, 5) is 0. The van der Waals surface area contributed by atoms with Gasteiger partial charge in [0.15, 0.2) is 0 Å². The lowest BCUT2D eigenvalue weighted by Gasteiger charge is -2.29. The van der Waals surface area contributed by atoms with Crippen molar-refractivity contribution < 1.29 is 10.2 Å². The normalized spacial score (nSPS) is 16.4. The van der Waals surface area contributed by atoms with E-state index in [0.717, 1.165) is 5.69 Å². The molecule has 0 aliphatic rings. The number of hydrogen-bond acceptors (Lipinski definition) is 3. The minimum atomic E-state index is -0.764. The van der Waals surface area contributed by atoms with Crippen LogP contribution in [-0.2, 0) is 13.5 Å². The zero-order valence-corrected chi connectivity index (χ0v) is 9.81. The highest BCUT2D eigenvalue weighted by Crippen LogP contribution is 2.23. The van der Waals surface area contributed by atoms with E-state index in [0.29, 0.717) is 6.42 Å². The predicted molar refractivity (Wildman–Crippen MR) is 58.4 cm³/mol. The zero-order chi connectivity index (χ0) is 11.6. The van der Waals surface area contributed by atoms with E-state index in [9.17, 15) is 10.2 Å². The number of nitrogens with zero attached hydrogens (tertiary/aromatic N) is 2. The lowest BCUT2D eigenvalue weighted by Crippen LogP contribution is -2.38. The molecule has 2 atom stereocenters. The van der Waals surface area contributed by atoms with Gasteiger partial charge in [0, 0.05) is 19.7 Å². The van der Waals surface area contributed by atoms with Gasteiger partial charge >= 0.3 is 0 Å². The van der Waals surface area contributed by atoms with Crippen molar-refractivity contribution in [3.63, 3.8) is 0 Å². The van der Waals surface area contributed by atoms with Crippen LogP contribution in [0.1, 0.15) is 26.5 Å². The van der Waals surface area contributed by atoms with Gasteiger partial charge in [0.25, 0.3) is 0 Å². The zero-order valence-electron chi connectivity index (χ0n) is 9.81. The summed E-state index contributed by atoms with van der Waals surface area (Å²) in [5, 5.41) is 23.8. The molecule has 1 rings (SSSR count). The molecule has 0 aromatic carbocycles. The standard InChI is InChI=1S/C11H20N2O2/c1-11(2,3)10(15)9(14)7-8-5-6-13(4)12-8/h5-6,9-10,14-15H,7H2,1-4H3. The van der Waals surface area contributed by atoms with Crippen molar-refractivity contribution in [1.82, 2.24) is 9.78 Å². The van der Waals surface area contributed by atoms with E-state index in [-0.39, 0.29) is 5.41 Å². The summed E-state index contributed by atoms with van der Waals surface area (Å²) in [6, 6.07) is 1.85. The fourth-order valence-corrected chi connectivity index (χ4v) is 1.48. The number of aliphatic hydroxyl groups is 2. The SMILES string of the molecule is Cn1ccc(CC(O)C(O)C(C)(C)C)n1. The van der Waals surface area contributed by atoms with Gasteiger partial charge in [-0.1, -0.05) is 20.8 Å². The maximum absolute atomic E-state index is 9.84. The summed E-state index contributed by atoms with van der Waals surface area (Å²) in [5.74, 6) is 0. The van der Waals surface area contributed by atoms with Crippen LogP contribution >= 0.6 is 0 Å². The molecule has 0 spiro atoms. The number of hydrogen-bond donors (Lipinski definition) is 2. The Bertz CT molecular complexity index is 315. The number of aryl methyl sites for hydroxylation is 1. The molecule has 0 radical (unpaired) electrons. The van der Waals surface area contributed by atoms with Crippen molar-refractivity contribution >= 4 is 0 Å². The Balaban J connectivity index is 2.59. The molecule has 86 valence electrons. The fourth-order valence-electron chi connectivity index (χ4n) is 1.48. The van der Waals surface area contributed by atoms with E-state index in [1.807, 2.05) is 40.1 Å². The molecule has 2 unspecified atom stereocenters. The van der Waals surface area contributed by atoms with Crippen LogP contribution < -0.4 is 0 Å². The summed E-state index contributed by atoms with van der Waals surface area (Å²) in [5.41, 5.74) is 0.488. The molecule has 0 aliphatic carbocycles. The van der Waals surface area contributed by atoms with E-state index in [1.54, 1.807) is 4.68 Å². The van der Waals surface area contributed by atoms with Crippen LogP contribution in [0.2, 0.25) is 0 Å². The van der Waals surface area contributed by atoms with Crippen molar-refractivity contribution in [3.8, 4) is 0 Å². The lowest BCUT2D eigenvalue weighted by molar-refractivity contribution is -0.0438. The highest BCUT2D eigenvalue weighted by molar-refractivity contribution is 5.01. The molecule has 0 bridgehead atoms. The summed E-state index contributed by atoms with van der Waals surface area (Å²) >= 11 is 0. The van der Waals surface area contributed by atoms with Crippen LogP contribution in [0.3, 0.4) is 0 Å². The Morgan fingerprint density at radius 1 is 1.40 bits per heavy atom. The third-order valence-electron chi connectivity index (χ3n) is 2.44. The van der Waals surface area contributed by atoms with Crippen LogP contribution in [0.15, 0.2) is 12.3 Å². The highest BCUT2D eigenvalue weighted by atomic mass is 16.3. The largest absolute Gasteiger partial charge is 0.390 e. The third kappa shape index (κ3) is 3.32. The number of rotatable bonds is 3. The highest BCUT2D eigenvalue weighted by Gasteiger charge is 2.29. The molecule has 15 heavy (non-hydrogen) atoms. The summed E-state index contributed by atoms with van der Waals surface area (Å²) in [7, 11) is 1.83. The molecule has 0 saturated carbocycles. The first-order valence-electron chi connectivity index (χ1n) is 5.15. The molecule has 1 aromatic rings. The third-order valence-corrected chi connectivity index (χ3v) is 2.44. The minimum Gasteiger partial charge on any atom is -0.390 e. The van der Waals surface area contributed by atoms with Crippen molar-refractivity contribution in [3.05, 3.63) is 18.0 Å². The Labute approximate surface area is 90.5 Å². The molecule has 0 saturated heterocycles. The second-order valence-corrected chi connectivity index (χ2v) is 5.06. The minimum absolute atomic E-state index is 0.311. The van der Waals surface area contributed by atoms with Crippen LogP contribution in [0.25, 0.3) is 0 Å². The first kappa shape index (κ1) is 12.2. The van der Waals surface area contributed by atoms with E-state index >= 15 is 0 Å². The van der Waals surface area contributed by atoms with Gasteiger partial charge in [0.2, 0.25) is 0 Å². The first-order chi connectivity index (χ1) is 6.80. The van der Waals surface area contributed by atoms with E-state index in [1.165, 1.54) is 0 Å². The van der Waals surface area contributed by atoms with Gasteiger partial charge in [0.05, 0.1) is 17.9 Å². The Morgan fingerprint density at radius 3 is 2.40 bits per heavy atom. The van der Waals surface area contributed by atoms with Gasteiger partial charge in [-0.25, -0.2) is 0 Å². The molecule has 0 aliphatic heterocycles. The molecule has 1 aromatic heterocycles. The van der Waals surface area contributed by atoms with Crippen LogP contribution in [0.4, 0.5) is 0 Å². The van der Waals surface area contributed by atoms with Crippen LogP contribution in [0.5, 0.6) is 0 Å². The van der Waals surface area contributed by atoms with Crippen molar-refractivity contribution in [2.24, 2.45) is 12.5 Å². The van der Waals surface area contributed by atoms with Gasteiger partial charge in [-0.05, 0) is 11.5 Å². The van der Waals surface area contributed by atoms with E-state index < -0.39 is 12.2 Å². The van der Waals surface area contributed by atoms with Crippen LogP contribution in [0, 0.1) is 5.41 Å². The molecule has 2 N–H and O–H groups in total. The first-order valence-corrected chi connectivity index (χ1v) is 5.15. The maximum atomic E-state index is 9.84. The van der Waals surface area contributed by atoms with Crippen LogP contribution in [-0.4, -0.2) is 32.2 Å². The second-order valence-electron chi connectivity index (χ2n) is 5.06. The quantitative estimate of drug-likeness (QED) is 0.776. The van der Waals surface area contributed by atoms with Gasteiger partial charge in [-0.2, -0.15) is 5.10 Å². The monoisotopic (exact) mass is 212 g/mol. The molecule has 0 amide bonds. The number of aliphatic hydroxyl groups excluding tert-OH is 2. The van der Waals surface area contributed by atoms with Gasteiger partial charge in [0.1, 0.15) is 0 Å². The van der Waals surface area contributed by atoms with E-state index in [4.69, 9.17) is 0 Å². The summed E-state index contributed by atoms with van der Waals surface area (Å²) in [6.45, 7) is 5.71. The Morgan fingerprint density at radius 2 is 2.00 bits per heavy atom. The van der Waals surface area contributed by atoms with Gasteiger partial charge < -0.3 is 10.2 Å². The van der Waals surface area contributed by atoms with Crippen molar-refractivity contribution in [2.45, 2.75) is 39.4 Å². The molecule has 0 fully saturated rings. The van der Waals surface area contributed by atoms with Crippen molar-refractivity contribution in [2.75, 3.05) is 0 Å². The Kier molecular flexibility index (Phi) is 3.52. The molecule has 1 heterocycles. The second kappa shape index (κ2) is 4.33. The average molecular weight is 212 g/mol. The topological polar surface area (TPSA) is 58.3 Å². The predicted octanol–water partition coefficient (Wildman–Crippen LogP) is 0.730. The summed E-state index contributed by atoms with van der Waals surface area (Å²) < 4.78 is 1.69. The van der Waals surface area contributed by atoms with Crippen molar-refractivity contribution in [1.29, 1.82) is 0 Å². The van der Waals surface area contributed by atoms with Gasteiger partial charge in [-0.3, -0.25) is 4.68 Å². The molecule has 4 nitrogen and oxygen atoms in total. The van der Waals surface area contributed by atoms with Gasteiger partial charge in [-0.15, -0.1) is 0 Å². The smallest absolute Gasteiger partial charge is 0.0860 e. The lowest BCUT2D eigenvalue weighted by atomic mass is 9.84. The average Bonchev–Trinajstić information content (AvgIpc) is 2.48. The number of aromatic nitrogens is 2. The molecular formula is C11H20N2O2. The molecule has 4 heteroatoms. The fraction of sp³-hybridized carbons (Fsp3) is 0.727. The Hall–Kier alpha value is -0.870.